The average molecular weight is 240 g/mol. The number of anilines is 1. The summed E-state index contributed by atoms with van der Waals surface area (Å²) in [6, 6.07) is 6.36. The molecular weight excluding hydrogens is 229 g/mol. The molecule has 0 bridgehead atoms. The Kier molecular flexibility index (Phi) is 3.41. The summed E-state index contributed by atoms with van der Waals surface area (Å²) >= 11 is 5.72. The van der Waals surface area contributed by atoms with E-state index in [0.717, 1.165) is 5.69 Å². The Bertz CT molecular complexity index is 470. The second-order valence-electron chi connectivity index (χ2n) is 3.36. The largest absolute Gasteiger partial charge is 0.383 e. The molecule has 0 amide bonds. The van der Waals surface area contributed by atoms with E-state index in [1.807, 2.05) is 6.07 Å². The van der Waals surface area contributed by atoms with Gasteiger partial charge in [0.1, 0.15) is 5.82 Å². The highest BCUT2D eigenvalue weighted by atomic mass is 35.5. The maximum Gasteiger partial charge on any atom is 0.125 e. The first kappa shape index (κ1) is 11.0. The van der Waals surface area contributed by atoms with Gasteiger partial charge in [-0.2, -0.15) is 5.10 Å². The molecule has 2 aromatic rings. The van der Waals surface area contributed by atoms with Gasteiger partial charge >= 0.3 is 0 Å². The van der Waals surface area contributed by atoms with Crippen LogP contribution in [0.1, 0.15) is 0 Å². The molecule has 84 valence electrons. The molecule has 1 aromatic heterocycles. The van der Waals surface area contributed by atoms with Crippen LogP contribution < -0.4 is 5.32 Å². The van der Waals surface area contributed by atoms with Crippen molar-refractivity contribution < 1.29 is 4.39 Å². The fraction of sp³-hybridized carbons (Fsp3) is 0.182. The van der Waals surface area contributed by atoms with Crippen molar-refractivity contribution in [2.75, 3.05) is 11.9 Å². The molecule has 1 heterocycles. The molecule has 0 spiro atoms. The summed E-state index contributed by atoms with van der Waals surface area (Å²) in [5.41, 5.74) is 0.762. The number of nitrogens with one attached hydrogen (secondary N) is 1. The number of aromatic nitrogens is 2. The van der Waals surface area contributed by atoms with Crippen LogP contribution in [0.3, 0.4) is 0 Å². The Morgan fingerprint density at radius 2 is 2.31 bits per heavy atom. The van der Waals surface area contributed by atoms with Gasteiger partial charge in [0.05, 0.1) is 17.8 Å². The van der Waals surface area contributed by atoms with Crippen molar-refractivity contribution in [2.45, 2.75) is 6.54 Å². The lowest BCUT2D eigenvalue weighted by molar-refractivity contribution is 0.625. The van der Waals surface area contributed by atoms with E-state index in [2.05, 4.69) is 10.4 Å². The van der Waals surface area contributed by atoms with Gasteiger partial charge < -0.3 is 5.32 Å². The third kappa shape index (κ3) is 2.97. The molecular formula is C11H11ClFN3. The zero-order chi connectivity index (χ0) is 11.4. The number of hydrogen-bond acceptors (Lipinski definition) is 2. The van der Waals surface area contributed by atoms with Crippen LogP contribution in [0, 0.1) is 5.82 Å². The third-order valence-corrected chi connectivity index (χ3v) is 2.29. The first-order valence-electron chi connectivity index (χ1n) is 4.91. The Hall–Kier alpha value is -1.55. The van der Waals surface area contributed by atoms with Crippen LogP contribution in [0.4, 0.5) is 10.1 Å². The minimum Gasteiger partial charge on any atom is -0.383 e. The number of benzene rings is 1. The van der Waals surface area contributed by atoms with E-state index in [-0.39, 0.29) is 5.82 Å². The third-order valence-electron chi connectivity index (χ3n) is 2.10. The summed E-state index contributed by atoms with van der Waals surface area (Å²) in [4.78, 5) is 0. The number of hydrogen-bond donors (Lipinski definition) is 1. The zero-order valence-electron chi connectivity index (χ0n) is 8.53. The molecule has 0 saturated heterocycles. The first-order chi connectivity index (χ1) is 7.74. The van der Waals surface area contributed by atoms with Crippen molar-refractivity contribution in [3.05, 3.63) is 47.5 Å². The molecule has 0 aliphatic heterocycles. The van der Waals surface area contributed by atoms with Crippen molar-refractivity contribution >= 4 is 17.3 Å². The monoisotopic (exact) mass is 239 g/mol. The van der Waals surface area contributed by atoms with Crippen molar-refractivity contribution in [2.24, 2.45) is 0 Å². The van der Waals surface area contributed by atoms with Crippen LogP contribution in [0.25, 0.3) is 0 Å². The molecule has 1 aromatic carbocycles. The van der Waals surface area contributed by atoms with E-state index in [1.54, 1.807) is 23.1 Å². The quantitative estimate of drug-likeness (QED) is 0.889. The van der Waals surface area contributed by atoms with Gasteiger partial charge in [-0.15, -0.1) is 0 Å². The lowest BCUT2D eigenvalue weighted by atomic mass is 10.3. The lowest BCUT2D eigenvalue weighted by Gasteiger charge is -2.06. The molecule has 0 atom stereocenters. The van der Waals surface area contributed by atoms with Gasteiger partial charge in [0.15, 0.2) is 0 Å². The summed E-state index contributed by atoms with van der Waals surface area (Å²) < 4.78 is 14.6. The maximum absolute atomic E-state index is 12.8. The van der Waals surface area contributed by atoms with Crippen molar-refractivity contribution in [1.82, 2.24) is 9.78 Å². The minimum atomic E-state index is -0.243. The predicted molar refractivity (Wildman–Crippen MR) is 62.1 cm³/mol. The molecule has 0 fully saturated rings. The molecule has 0 unspecified atom stereocenters. The number of nitrogens with zero attached hydrogens (tertiary/aromatic N) is 2. The van der Waals surface area contributed by atoms with E-state index in [4.69, 9.17) is 11.6 Å². The Balaban J connectivity index is 1.84. The van der Waals surface area contributed by atoms with Crippen LogP contribution in [0.5, 0.6) is 0 Å². The highest BCUT2D eigenvalue weighted by molar-refractivity contribution is 6.30. The van der Waals surface area contributed by atoms with Crippen molar-refractivity contribution in [3.8, 4) is 0 Å². The molecule has 3 nitrogen and oxygen atoms in total. The van der Waals surface area contributed by atoms with E-state index >= 15 is 0 Å². The molecule has 0 saturated carbocycles. The Labute approximate surface area is 97.8 Å². The van der Waals surface area contributed by atoms with Crippen molar-refractivity contribution in [3.63, 3.8) is 0 Å². The molecule has 0 aliphatic carbocycles. The lowest BCUT2D eigenvalue weighted by Crippen LogP contribution is -2.10. The predicted octanol–water partition coefficient (Wildman–Crippen LogP) is 2.79. The van der Waals surface area contributed by atoms with Gasteiger partial charge in [-0.25, -0.2) is 4.39 Å². The maximum atomic E-state index is 12.8. The van der Waals surface area contributed by atoms with Crippen LogP contribution in [0.2, 0.25) is 5.02 Å². The first-order valence-corrected chi connectivity index (χ1v) is 5.29. The fourth-order valence-corrected chi connectivity index (χ4v) is 1.53. The van der Waals surface area contributed by atoms with Crippen LogP contribution >= 0.6 is 11.6 Å². The van der Waals surface area contributed by atoms with Gasteiger partial charge in [0.2, 0.25) is 0 Å². The zero-order valence-corrected chi connectivity index (χ0v) is 9.28. The summed E-state index contributed by atoms with van der Waals surface area (Å²) in [5.74, 6) is -0.243. The smallest absolute Gasteiger partial charge is 0.125 e. The van der Waals surface area contributed by atoms with Crippen LogP contribution in [-0.2, 0) is 6.54 Å². The molecule has 5 heteroatoms. The summed E-state index contributed by atoms with van der Waals surface area (Å²) in [7, 11) is 0. The topological polar surface area (TPSA) is 29.9 Å². The SMILES string of the molecule is Fc1cccc(NCCn2cc(Cl)cn2)c1. The Morgan fingerprint density at radius 3 is 3.00 bits per heavy atom. The minimum absolute atomic E-state index is 0.243. The highest BCUT2D eigenvalue weighted by Crippen LogP contribution is 2.09. The number of rotatable bonds is 4. The van der Waals surface area contributed by atoms with Crippen LogP contribution in [-0.4, -0.2) is 16.3 Å². The second kappa shape index (κ2) is 4.99. The molecule has 0 radical (unpaired) electrons. The molecule has 1 N–H and O–H groups in total. The van der Waals surface area contributed by atoms with E-state index in [1.165, 1.54) is 12.1 Å². The summed E-state index contributed by atoms with van der Waals surface area (Å²) in [6.45, 7) is 1.35. The highest BCUT2D eigenvalue weighted by Gasteiger charge is 1.96. The fourth-order valence-electron chi connectivity index (χ4n) is 1.37. The van der Waals surface area contributed by atoms with E-state index in [9.17, 15) is 4.39 Å². The second-order valence-corrected chi connectivity index (χ2v) is 3.80. The number of halogens is 2. The standard InChI is InChI=1S/C11H11ClFN3/c12-9-7-15-16(8-9)5-4-14-11-3-1-2-10(13)6-11/h1-3,6-8,14H,4-5H2. The Morgan fingerprint density at radius 1 is 1.44 bits per heavy atom. The van der Waals surface area contributed by atoms with Crippen LogP contribution in [0.15, 0.2) is 36.7 Å². The summed E-state index contributed by atoms with van der Waals surface area (Å²) in [5, 5.41) is 7.75. The van der Waals surface area contributed by atoms with Crippen molar-refractivity contribution in [1.29, 1.82) is 0 Å². The molecule has 0 aliphatic rings. The van der Waals surface area contributed by atoms with E-state index in [0.29, 0.717) is 18.1 Å². The van der Waals surface area contributed by atoms with Gasteiger partial charge in [-0.3, -0.25) is 4.68 Å². The molecule has 16 heavy (non-hydrogen) atoms. The van der Waals surface area contributed by atoms with Gasteiger partial charge in [-0.1, -0.05) is 17.7 Å². The normalized spacial score (nSPS) is 10.4. The van der Waals surface area contributed by atoms with Gasteiger partial charge in [-0.05, 0) is 18.2 Å². The van der Waals surface area contributed by atoms with Gasteiger partial charge in [0, 0.05) is 18.4 Å². The summed E-state index contributed by atoms with van der Waals surface area (Å²) in [6.07, 6.45) is 3.33. The average Bonchev–Trinajstić information content (AvgIpc) is 2.64. The van der Waals surface area contributed by atoms with E-state index < -0.39 is 0 Å². The molecule has 2 rings (SSSR count). The van der Waals surface area contributed by atoms with Gasteiger partial charge in [0.25, 0.3) is 0 Å².